The first-order chi connectivity index (χ1) is 12.3. The van der Waals surface area contributed by atoms with Gasteiger partial charge in [0.25, 0.3) is 5.91 Å². The van der Waals surface area contributed by atoms with E-state index in [-0.39, 0.29) is 29.7 Å². The highest BCUT2D eigenvalue weighted by atomic mass is 19.1. The first-order valence-corrected chi connectivity index (χ1v) is 8.64. The molecule has 2 amide bonds. The Bertz CT molecular complexity index is 678. The van der Waals surface area contributed by atoms with Crippen LogP contribution in [0.25, 0.3) is 0 Å². The average Bonchev–Trinajstić information content (AvgIpc) is 2.95. The second kappa shape index (κ2) is 7.67. The highest BCUT2D eigenvalue weighted by Crippen LogP contribution is 2.25. The van der Waals surface area contributed by atoms with Gasteiger partial charge in [-0.1, -0.05) is 0 Å². The molecule has 2 heterocycles. The molecule has 3 atom stereocenters. The lowest BCUT2D eigenvalue weighted by molar-refractivity contribution is -0.134. The molecule has 6 nitrogen and oxygen atoms in total. The van der Waals surface area contributed by atoms with E-state index < -0.39 is 17.5 Å². The summed E-state index contributed by atoms with van der Waals surface area (Å²) in [5.74, 6) is -2.03. The zero-order chi connectivity index (χ0) is 18.8. The topological polar surface area (TPSA) is 61.9 Å². The van der Waals surface area contributed by atoms with Crippen LogP contribution in [0.4, 0.5) is 8.78 Å². The van der Waals surface area contributed by atoms with Crippen molar-refractivity contribution < 1.29 is 23.1 Å². The summed E-state index contributed by atoms with van der Waals surface area (Å²) in [5.41, 5.74) is -0.0296. The molecule has 0 spiro atoms. The van der Waals surface area contributed by atoms with Crippen molar-refractivity contribution in [2.24, 2.45) is 0 Å². The Balaban J connectivity index is 1.55. The lowest BCUT2D eigenvalue weighted by Gasteiger charge is -2.35. The number of morpholine rings is 1. The zero-order valence-corrected chi connectivity index (χ0v) is 14.9. The molecule has 1 N–H and O–H groups in total. The van der Waals surface area contributed by atoms with Gasteiger partial charge in [0.2, 0.25) is 5.91 Å². The number of halogens is 2. The third kappa shape index (κ3) is 4.37. The van der Waals surface area contributed by atoms with E-state index in [4.69, 9.17) is 4.74 Å². The van der Waals surface area contributed by atoms with Crippen molar-refractivity contribution in [2.45, 2.75) is 31.0 Å². The average molecular weight is 367 g/mol. The first-order valence-electron chi connectivity index (χ1n) is 8.64. The molecular formula is C18H23F2N3O3. The molecule has 3 rings (SSSR count). The van der Waals surface area contributed by atoms with Gasteiger partial charge < -0.3 is 15.0 Å². The number of carbonyl (C=O) groups excluding carboxylic acids is 2. The maximum Gasteiger partial charge on any atom is 0.251 e. The molecule has 0 unspecified atom stereocenters. The molecule has 0 bridgehead atoms. The van der Waals surface area contributed by atoms with Crippen molar-refractivity contribution >= 4 is 11.8 Å². The summed E-state index contributed by atoms with van der Waals surface area (Å²) in [6.07, 6.45) is 0.876. The number of benzene rings is 1. The van der Waals surface area contributed by atoms with Crippen LogP contribution in [0.1, 0.15) is 23.2 Å². The highest BCUT2D eigenvalue weighted by molar-refractivity contribution is 5.94. The lowest BCUT2D eigenvalue weighted by Crippen LogP contribution is -2.47. The number of hydrogen-bond acceptors (Lipinski definition) is 4. The van der Waals surface area contributed by atoms with E-state index in [1.165, 1.54) is 0 Å². The number of nitrogens with zero attached hydrogens (tertiary/aromatic N) is 2. The molecule has 2 saturated heterocycles. The van der Waals surface area contributed by atoms with Crippen LogP contribution in [0, 0.1) is 11.6 Å². The summed E-state index contributed by atoms with van der Waals surface area (Å²) in [6.45, 7) is 1.77. The number of hydrogen-bond donors (Lipinski definition) is 1. The monoisotopic (exact) mass is 367 g/mol. The Hall–Kier alpha value is -2.06. The molecule has 0 radical (unpaired) electrons. The van der Waals surface area contributed by atoms with Crippen molar-refractivity contribution in [3.05, 3.63) is 35.4 Å². The van der Waals surface area contributed by atoms with Crippen molar-refractivity contribution in [1.29, 1.82) is 0 Å². The van der Waals surface area contributed by atoms with Crippen LogP contribution in [0.3, 0.4) is 0 Å². The van der Waals surface area contributed by atoms with Gasteiger partial charge in [0.15, 0.2) is 0 Å². The molecule has 2 fully saturated rings. The number of fused-ring (bicyclic) bond motifs is 1. The fourth-order valence-electron chi connectivity index (χ4n) is 3.50. The molecule has 8 heteroatoms. The van der Waals surface area contributed by atoms with E-state index in [0.717, 1.165) is 18.2 Å². The van der Waals surface area contributed by atoms with Crippen LogP contribution in [-0.4, -0.2) is 73.6 Å². The van der Waals surface area contributed by atoms with E-state index in [9.17, 15) is 18.4 Å². The van der Waals surface area contributed by atoms with Crippen LogP contribution in [0.15, 0.2) is 18.2 Å². The molecule has 2 aliphatic rings. The van der Waals surface area contributed by atoms with Crippen molar-refractivity contribution in [2.75, 3.05) is 33.8 Å². The number of nitrogens with one attached hydrogen (secondary N) is 1. The number of carbonyl (C=O) groups is 2. The van der Waals surface area contributed by atoms with Gasteiger partial charge in [0, 0.05) is 50.9 Å². The molecule has 2 aliphatic heterocycles. The molecule has 142 valence electrons. The van der Waals surface area contributed by atoms with Crippen LogP contribution < -0.4 is 5.32 Å². The van der Waals surface area contributed by atoms with Crippen molar-refractivity contribution in [3.63, 3.8) is 0 Å². The minimum absolute atomic E-state index is 0.0191. The Kier molecular flexibility index (Phi) is 5.52. The van der Waals surface area contributed by atoms with Gasteiger partial charge in [0.1, 0.15) is 11.6 Å². The van der Waals surface area contributed by atoms with Gasteiger partial charge in [-0.3, -0.25) is 14.5 Å². The second-order valence-corrected chi connectivity index (χ2v) is 7.12. The number of rotatable bonds is 4. The Morgan fingerprint density at radius 2 is 1.92 bits per heavy atom. The first kappa shape index (κ1) is 18.7. The zero-order valence-electron chi connectivity index (χ0n) is 14.9. The third-order valence-corrected chi connectivity index (χ3v) is 4.85. The highest BCUT2D eigenvalue weighted by Gasteiger charge is 2.38. The quantitative estimate of drug-likeness (QED) is 0.863. The molecule has 0 aliphatic carbocycles. The SMILES string of the molecule is CN(C)C(=O)C[C@H]1CN2C[C@@H](NC(=O)c3cc(F)cc(F)c3)C[C@H]2CO1. The minimum Gasteiger partial charge on any atom is -0.375 e. The van der Waals surface area contributed by atoms with Crippen LogP contribution in [0.2, 0.25) is 0 Å². The van der Waals surface area contributed by atoms with E-state index in [1.54, 1.807) is 19.0 Å². The van der Waals surface area contributed by atoms with Crippen molar-refractivity contribution in [1.82, 2.24) is 15.1 Å². The maximum atomic E-state index is 13.3. The van der Waals surface area contributed by atoms with Gasteiger partial charge in [0.05, 0.1) is 19.1 Å². The van der Waals surface area contributed by atoms with Gasteiger partial charge >= 0.3 is 0 Å². The summed E-state index contributed by atoms with van der Waals surface area (Å²) < 4.78 is 32.3. The summed E-state index contributed by atoms with van der Waals surface area (Å²) in [5, 5.41) is 2.84. The molecule has 0 saturated carbocycles. The largest absolute Gasteiger partial charge is 0.375 e. The van der Waals surface area contributed by atoms with Gasteiger partial charge in [-0.2, -0.15) is 0 Å². The Labute approximate surface area is 151 Å². The predicted octanol–water partition coefficient (Wildman–Crippen LogP) is 1.01. The normalized spacial score (nSPS) is 25.6. The van der Waals surface area contributed by atoms with Crippen molar-refractivity contribution in [3.8, 4) is 0 Å². The fraction of sp³-hybridized carbons (Fsp3) is 0.556. The van der Waals surface area contributed by atoms with Gasteiger partial charge in [-0.05, 0) is 18.6 Å². The van der Waals surface area contributed by atoms with Crippen LogP contribution in [0.5, 0.6) is 0 Å². The molecule has 1 aromatic carbocycles. The van der Waals surface area contributed by atoms with Gasteiger partial charge in [-0.25, -0.2) is 8.78 Å². The standard InChI is InChI=1S/C18H23F2N3O3/c1-22(2)17(24)7-16-9-23-8-14(6-15(23)10-26-16)21-18(25)11-3-12(19)5-13(20)4-11/h3-5,14-16H,6-10H2,1-2H3,(H,21,25)/t14-,15-,16-/m0/s1. The maximum absolute atomic E-state index is 13.3. The van der Waals surface area contributed by atoms with Gasteiger partial charge in [-0.15, -0.1) is 0 Å². The molecule has 26 heavy (non-hydrogen) atoms. The Morgan fingerprint density at radius 3 is 2.58 bits per heavy atom. The summed E-state index contributed by atoms with van der Waals surface area (Å²) in [7, 11) is 3.43. The second-order valence-electron chi connectivity index (χ2n) is 7.12. The third-order valence-electron chi connectivity index (χ3n) is 4.85. The predicted molar refractivity (Wildman–Crippen MR) is 90.6 cm³/mol. The lowest BCUT2D eigenvalue weighted by atomic mass is 10.1. The molecule has 1 aromatic rings. The van der Waals surface area contributed by atoms with E-state index in [2.05, 4.69) is 10.2 Å². The fourth-order valence-corrected chi connectivity index (χ4v) is 3.50. The smallest absolute Gasteiger partial charge is 0.251 e. The van der Waals surface area contributed by atoms with E-state index >= 15 is 0 Å². The minimum atomic E-state index is -0.777. The summed E-state index contributed by atoms with van der Waals surface area (Å²) in [4.78, 5) is 27.8. The van der Waals surface area contributed by atoms with Crippen LogP contribution >= 0.6 is 0 Å². The van der Waals surface area contributed by atoms with Crippen LogP contribution in [-0.2, 0) is 9.53 Å². The Morgan fingerprint density at radius 1 is 1.23 bits per heavy atom. The number of ether oxygens (including phenoxy) is 1. The molecule has 0 aromatic heterocycles. The summed E-state index contributed by atoms with van der Waals surface area (Å²) in [6, 6.07) is 2.83. The molecular weight excluding hydrogens is 344 g/mol. The number of amides is 2. The summed E-state index contributed by atoms with van der Waals surface area (Å²) >= 11 is 0. The van der Waals surface area contributed by atoms with E-state index in [0.29, 0.717) is 32.5 Å². The van der Waals surface area contributed by atoms with E-state index in [1.807, 2.05) is 0 Å².